The van der Waals surface area contributed by atoms with Gasteiger partial charge in [-0.05, 0) is 49.5 Å². The van der Waals surface area contributed by atoms with E-state index in [1.807, 2.05) is 0 Å². The first-order valence-corrected chi connectivity index (χ1v) is 9.18. The standard InChI is InChI=1S/C20H27NO2/c22-19(18-13-15-6-7-16(18)12-15)21-14-20(8-10-23-11-9-20)17-4-2-1-3-5-17/h1-5,15-16,18H,6-14H2,(H,21,22)/t15-,16+,18-/m0/s1. The molecule has 1 saturated heterocycles. The largest absolute Gasteiger partial charge is 0.381 e. The SMILES string of the molecule is O=C(NCC1(c2ccccc2)CCOCC1)[C@H]1C[C@H]2CC[C@@H]1C2. The summed E-state index contributed by atoms with van der Waals surface area (Å²) in [7, 11) is 0. The van der Waals surface area contributed by atoms with Crippen molar-refractivity contribution in [3.8, 4) is 0 Å². The number of rotatable bonds is 4. The molecule has 2 saturated carbocycles. The normalized spacial score (nSPS) is 31.9. The summed E-state index contributed by atoms with van der Waals surface area (Å²) in [5.41, 5.74) is 1.39. The van der Waals surface area contributed by atoms with Crippen molar-refractivity contribution < 1.29 is 9.53 Å². The van der Waals surface area contributed by atoms with Gasteiger partial charge in [-0.25, -0.2) is 0 Å². The molecule has 0 unspecified atom stereocenters. The fraction of sp³-hybridized carbons (Fsp3) is 0.650. The van der Waals surface area contributed by atoms with Crippen molar-refractivity contribution in [1.82, 2.24) is 5.32 Å². The molecular formula is C20H27NO2. The molecule has 0 spiro atoms. The van der Waals surface area contributed by atoms with E-state index in [4.69, 9.17) is 4.74 Å². The highest BCUT2D eigenvalue weighted by Crippen LogP contribution is 2.48. The Hall–Kier alpha value is -1.35. The lowest BCUT2D eigenvalue weighted by Crippen LogP contribution is -2.46. The van der Waals surface area contributed by atoms with Crippen LogP contribution in [0.4, 0.5) is 0 Å². The van der Waals surface area contributed by atoms with Gasteiger partial charge in [-0.15, -0.1) is 0 Å². The van der Waals surface area contributed by atoms with Crippen LogP contribution in [0.2, 0.25) is 0 Å². The molecule has 23 heavy (non-hydrogen) atoms. The lowest BCUT2D eigenvalue weighted by atomic mass is 9.74. The molecule has 3 aliphatic rings. The molecule has 2 bridgehead atoms. The summed E-state index contributed by atoms with van der Waals surface area (Å²) >= 11 is 0. The Balaban J connectivity index is 1.45. The molecule has 1 aliphatic heterocycles. The highest BCUT2D eigenvalue weighted by Gasteiger charge is 2.43. The molecule has 4 rings (SSSR count). The van der Waals surface area contributed by atoms with Gasteiger partial charge in [-0.1, -0.05) is 36.8 Å². The predicted octanol–water partition coefficient (Wildman–Crippen LogP) is 3.29. The molecule has 0 aromatic heterocycles. The second-order valence-electron chi connectivity index (χ2n) is 7.76. The molecule has 3 fully saturated rings. The Bertz CT molecular complexity index is 550. The first-order chi connectivity index (χ1) is 11.3. The van der Waals surface area contributed by atoms with Crippen LogP contribution in [0.15, 0.2) is 30.3 Å². The zero-order valence-electron chi connectivity index (χ0n) is 13.8. The molecule has 2 aliphatic carbocycles. The van der Waals surface area contributed by atoms with Gasteiger partial charge in [-0.2, -0.15) is 0 Å². The maximum absolute atomic E-state index is 12.7. The third-order valence-electron chi connectivity index (χ3n) is 6.51. The molecule has 124 valence electrons. The average molecular weight is 313 g/mol. The molecule has 1 amide bonds. The monoisotopic (exact) mass is 313 g/mol. The number of hydrogen-bond acceptors (Lipinski definition) is 2. The second-order valence-corrected chi connectivity index (χ2v) is 7.76. The van der Waals surface area contributed by atoms with E-state index in [0.717, 1.165) is 44.9 Å². The number of ether oxygens (including phenoxy) is 1. The molecular weight excluding hydrogens is 286 g/mol. The number of amides is 1. The van der Waals surface area contributed by atoms with Gasteiger partial charge in [0.15, 0.2) is 0 Å². The summed E-state index contributed by atoms with van der Waals surface area (Å²) in [5.74, 6) is 2.06. The Morgan fingerprint density at radius 3 is 2.57 bits per heavy atom. The molecule has 1 heterocycles. The van der Waals surface area contributed by atoms with Crippen molar-refractivity contribution >= 4 is 5.91 Å². The van der Waals surface area contributed by atoms with E-state index in [0.29, 0.717) is 11.8 Å². The van der Waals surface area contributed by atoms with Gasteiger partial charge in [0.05, 0.1) is 0 Å². The van der Waals surface area contributed by atoms with Crippen molar-refractivity contribution in [3.05, 3.63) is 35.9 Å². The van der Waals surface area contributed by atoms with Gasteiger partial charge in [0.1, 0.15) is 0 Å². The van der Waals surface area contributed by atoms with Gasteiger partial charge in [0, 0.05) is 31.1 Å². The maximum atomic E-state index is 12.7. The lowest BCUT2D eigenvalue weighted by Gasteiger charge is -2.38. The minimum atomic E-state index is 0.0484. The number of nitrogens with one attached hydrogen (secondary N) is 1. The maximum Gasteiger partial charge on any atom is 0.223 e. The Kier molecular flexibility index (Phi) is 4.14. The number of hydrogen-bond donors (Lipinski definition) is 1. The number of carbonyl (C=O) groups excluding carboxylic acids is 1. The summed E-state index contributed by atoms with van der Waals surface area (Å²) in [5, 5.41) is 3.32. The van der Waals surface area contributed by atoms with Crippen molar-refractivity contribution in [2.24, 2.45) is 17.8 Å². The fourth-order valence-corrected chi connectivity index (χ4v) is 5.07. The quantitative estimate of drug-likeness (QED) is 0.926. The minimum absolute atomic E-state index is 0.0484. The molecule has 1 aromatic rings. The second kappa shape index (κ2) is 6.27. The highest BCUT2D eigenvalue weighted by molar-refractivity contribution is 5.79. The Morgan fingerprint density at radius 2 is 1.91 bits per heavy atom. The molecule has 3 heteroatoms. The molecule has 3 atom stereocenters. The number of carbonyl (C=O) groups is 1. The van der Waals surface area contributed by atoms with E-state index in [2.05, 4.69) is 35.6 Å². The molecule has 3 nitrogen and oxygen atoms in total. The van der Waals surface area contributed by atoms with Gasteiger partial charge in [0.25, 0.3) is 0 Å². The first kappa shape index (κ1) is 15.2. The van der Waals surface area contributed by atoms with Crippen LogP contribution < -0.4 is 5.32 Å². The average Bonchev–Trinajstić information content (AvgIpc) is 3.25. The summed E-state index contributed by atoms with van der Waals surface area (Å²) in [6.07, 6.45) is 7.01. The van der Waals surface area contributed by atoms with E-state index < -0.39 is 0 Å². The summed E-state index contributed by atoms with van der Waals surface area (Å²) in [6, 6.07) is 10.7. The summed E-state index contributed by atoms with van der Waals surface area (Å²) < 4.78 is 5.58. The van der Waals surface area contributed by atoms with E-state index >= 15 is 0 Å². The van der Waals surface area contributed by atoms with Crippen LogP contribution in [0.1, 0.15) is 44.1 Å². The molecule has 1 aromatic carbocycles. The lowest BCUT2D eigenvalue weighted by molar-refractivity contribution is -0.127. The van der Waals surface area contributed by atoms with Crippen LogP contribution in [0.25, 0.3) is 0 Å². The van der Waals surface area contributed by atoms with Crippen LogP contribution >= 0.6 is 0 Å². The van der Waals surface area contributed by atoms with E-state index in [9.17, 15) is 4.79 Å². The van der Waals surface area contributed by atoms with Crippen molar-refractivity contribution in [3.63, 3.8) is 0 Å². The summed E-state index contributed by atoms with van der Waals surface area (Å²) in [6.45, 7) is 2.34. The van der Waals surface area contributed by atoms with Crippen LogP contribution in [0, 0.1) is 17.8 Å². The van der Waals surface area contributed by atoms with Gasteiger partial charge >= 0.3 is 0 Å². The highest BCUT2D eigenvalue weighted by atomic mass is 16.5. The van der Waals surface area contributed by atoms with E-state index in [1.165, 1.54) is 24.8 Å². The first-order valence-electron chi connectivity index (χ1n) is 9.18. The van der Waals surface area contributed by atoms with Crippen LogP contribution in [0.5, 0.6) is 0 Å². The number of fused-ring (bicyclic) bond motifs is 2. The van der Waals surface area contributed by atoms with Gasteiger partial charge in [-0.3, -0.25) is 4.79 Å². The zero-order chi connectivity index (χ0) is 15.7. The predicted molar refractivity (Wildman–Crippen MR) is 90.1 cm³/mol. The van der Waals surface area contributed by atoms with E-state index in [1.54, 1.807) is 0 Å². The van der Waals surface area contributed by atoms with Gasteiger partial charge in [0.2, 0.25) is 5.91 Å². The van der Waals surface area contributed by atoms with Crippen LogP contribution in [0.3, 0.4) is 0 Å². The van der Waals surface area contributed by atoms with Crippen LogP contribution in [-0.4, -0.2) is 25.7 Å². The van der Waals surface area contributed by atoms with Crippen molar-refractivity contribution in [1.29, 1.82) is 0 Å². The zero-order valence-corrected chi connectivity index (χ0v) is 13.8. The fourth-order valence-electron chi connectivity index (χ4n) is 5.07. The third kappa shape index (κ3) is 2.91. The third-order valence-corrected chi connectivity index (χ3v) is 6.51. The van der Waals surface area contributed by atoms with Crippen LogP contribution in [-0.2, 0) is 14.9 Å². The topological polar surface area (TPSA) is 38.3 Å². The smallest absolute Gasteiger partial charge is 0.223 e. The number of benzene rings is 1. The molecule has 0 radical (unpaired) electrons. The Morgan fingerprint density at radius 1 is 1.13 bits per heavy atom. The summed E-state index contributed by atoms with van der Waals surface area (Å²) in [4.78, 5) is 12.7. The molecule has 1 N–H and O–H groups in total. The van der Waals surface area contributed by atoms with E-state index in [-0.39, 0.29) is 11.3 Å². The van der Waals surface area contributed by atoms with Crippen molar-refractivity contribution in [2.75, 3.05) is 19.8 Å². The Labute approximate surface area is 138 Å². The minimum Gasteiger partial charge on any atom is -0.381 e. The van der Waals surface area contributed by atoms with Gasteiger partial charge < -0.3 is 10.1 Å². The van der Waals surface area contributed by atoms with Crippen molar-refractivity contribution in [2.45, 2.75) is 43.9 Å².